The third kappa shape index (κ3) is 3.05. The molecule has 0 bridgehead atoms. The van der Waals surface area contributed by atoms with Gasteiger partial charge in [0.25, 0.3) is 0 Å². The molecule has 18 heavy (non-hydrogen) atoms. The minimum atomic E-state index is -4.24. The van der Waals surface area contributed by atoms with E-state index in [9.17, 15) is 13.2 Å². The van der Waals surface area contributed by atoms with Crippen LogP contribution in [0.4, 0.5) is 13.2 Å². The second kappa shape index (κ2) is 5.31. The monoisotopic (exact) mass is 257 g/mol. The van der Waals surface area contributed by atoms with Gasteiger partial charge < -0.3 is 5.32 Å². The van der Waals surface area contributed by atoms with Crippen molar-refractivity contribution < 1.29 is 13.2 Å². The largest absolute Gasteiger partial charge is 0.416 e. The average molecular weight is 257 g/mol. The van der Waals surface area contributed by atoms with Gasteiger partial charge in [-0.05, 0) is 43.4 Å². The molecule has 0 spiro atoms. The molecule has 2 unspecified atom stereocenters. The van der Waals surface area contributed by atoms with E-state index in [0.29, 0.717) is 6.04 Å². The fourth-order valence-corrected chi connectivity index (χ4v) is 2.73. The maximum absolute atomic E-state index is 12.6. The fraction of sp³-hybridized carbons (Fsp3) is 0.571. The molecule has 1 fully saturated rings. The molecule has 1 saturated carbocycles. The molecule has 2 atom stereocenters. The maximum Gasteiger partial charge on any atom is 0.416 e. The second-order valence-corrected chi connectivity index (χ2v) is 4.89. The number of nitrogens with one attached hydrogen (secondary N) is 1. The van der Waals surface area contributed by atoms with Crippen molar-refractivity contribution in [2.75, 3.05) is 6.54 Å². The van der Waals surface area contributed by atoms with E-state index < -0.39 is 11.7 Å². The first-order valence-electron chi connectivity index (χ1n) is 6.41. The number of rotatable bonds is 3. The van der Waals surface area contributed by atoms with Gasteiger partial charge in [0.1, 0.15) is 0 Å². The summed E-state index contributed by atoms with van der Waals surface area (Å²) in [6.45, 7) is 2.97. The lowest BCUT2D eigenvalue weighted by molar-refractivity contribution is -0.137. The Balaban J connectivity index is 2.10. The predicted molar refractivity (Wildman–Crippen MR) is 65.5 cm³/mol. The number of hydrogen-bond acceptors (Lipinski definition) is 1. The molecule has 1 nitrogen and oxygen atoms in total. The topological polar surface area (TPSA) is 12.0 Å². The van der Waals surface area contributed by atoms with Crippen LogP contribution >= 0.6 is 0 Å². The molecule has 0 aliphatic heterocycles. The molecule has 0 amide bonds. The standard InChI is InChI=1S/C14H18F3N/c1-2-18-13-7-6-11(9-13)10-4-3-5-12(8-10)14(15,16)17/h3-5,8,11,13,18H,2,6-7,9H2,1H3. The van der Waals surface area contributed by atoms with Crippen molar-refractivity contribution in [1.29, 1.82) is 0 Å². The highest BCUT2D eigenvalue weighted by Gasteiger charge is 2.32. The van der Waals surface area contributed by atoms with Crippen LogP contribution < -0.4 is 5.32 Å². The summed E-state index contributed by atoms with van der Waals surface area (Å²) >= 11 is 0. The highest BCUT2D eigenvalue weighted by Crippen LogP contribution is 2.37. The Kier molecular flexibility index (Phi) is 3.95. The number of halogens is 3. The van der Waals surface area contributed by atoms with Crippen LogP contribution in [0, 0.1) is 0 Å². The summed E-state index contributed by atoms with van der Waals surface area (Å²) < 4.78 is 37.9. The first-order valence-corrected chi connectivity index (χ1v) is 6.41. The van der Waals surface area contributed by atoms with Gasteiger partial charge in [-0.3, -0.25) is 0 Å². The molecule has 2 rings (SSSR count). The predicted octanol–water partition coefficient (Wildman–Crippen LogP) is 3.95. The van der Waals surface area contributed by atoms with E-state index >= 15 is 0 Å². The van der Waals surface area contributed by atoms with Crippen molar-refractivity contribution in [1.82, 2.24) is 5.32 Å². The smallest absolute Gasteiger partial charge is 0.314 e. The summed E-state index contributed by atoms with van der Waals surface area (Å²) in [5, 5.41) is 3.37. The van der Waals surface area contributed by atoms with E-state index in [1.165, 1.54) is 12.1 Å². The third-order valence-electron chi connectivity index (χ3n) is 3.61. The molecule has 1 N–H and O–H groups in total. The lowest BCUT2D eigenvalue weighted by Gasteiger charge is -2.14. The van der Waals surface area contributed by atoms with E-state index in [0.717, 1.165) is 37.4 Å². The molecule has 1 aliphatic carbocycles. The van der Waals surface area contributed by atoms with E-state index in [2.05, 4.69) is 12.2 Å². The lowest BCUT2D eigenvalue weighted by atomic mass is 9.95. The van der Waals surface area contributed by atoms with Gasteiger partial charge in [0.05, 0.1) is 5.56 Å². The third-order valence-corrected chi connectivity index (χ3v) is 3.61. The van der Waals surface area contributed by atoms with Gasteiger partial charge >= 0.3 is 6.18 Å². The van der Waals surface area contributed by atoms with E-state index in [1.54, 1.807) is 0 Å². The molecule has 100 valence electrons. The maximum atomic E-state index is 12.6. The van der Waals surface area contributed by atoms with Crippen LogP contribution in [0.15, 0.2) is 24.3 Å². The lowest BCUT2D eigenvalue weighted by Crippen LogP contribution is -2.25. The van der Waals surface area contributed by atoms with Crippen molar-refractivity contribution in [2.45, 2.75) is 44.3 Å². The zero-order chi connectivity index (χ0) is 13.2. The average Bonchev–Trinajstić information content (AvgIpc) is 2.77. The van der Waals surface area contributed by atoms with Crippen molar-refractivity contribution in [3.63, 3.8) is 0 Å². The summed E-state index contributed by atoms with van der Waals surface area (Å²) in [4.78, 5) is 0. The summed E-state index contributed by atoms with van der Waals surface area (Å²) in [7, 11) is 0. The zero-order valence-electron chi connectivity index (χ0n) is 10.4. The molecule has 4 heteroatoms. The molecular weight excluding hydrogens is 239 g/mol. The molecule has 1 aliphatic rings. The number of hydrogen-bond donors (Lipinski definition) is 1. The molecule has 1 aromatic rings. The summed E-state index contributed by atoms with van der Waals surface area (Å²) in [5.74, 6) is 0.261. The van der Waals surface area contributed by atoms with Crippen LogP contribution in [0.5, 0.6) is 0 Å². The van der Waals surface area contributed by atoms with Gasteiger partial charge in [-0.15, -0.1) is 0 Å². The van der Waals surface area contributed by atoms with Crippen molar-refractivity contribution in [2.24, 2.45) is 0 Å². The van der Waals surface area contributed by atoms with E-state index in [1.807, 2.05) is 6.07 Å². The van der Waals surface area contributed by atoms with Crippen LogP contribution in [-0.2, 0) is 6.18 Å². The van der Waals surface area contributed by atoms with Crippen LogP contribution in [0.3, 0.4) is 0 Å². The van der Waals surface area contributed by atoms with Crippen molar-refractivity contribution >= 4 is 0 Å². The SMILES string of the molecule is CCNC1CCC(c2cccc(C(F)(F)F)c2)C1. The Morgan fingerprint density at radius 1 is 1.28 bits per heavy atom. The van der Waals surface area contributed by atoms with E-state index in [4.69, 9.17) is 0 Å². The Morgan fingerprint density at radius 3 is 2.72 bits per heavy atom. The summed E-state index contributed by atoms with van der Waals surface area (Å²) in [6.07, 6.45) is -1.28. The minimum absolute atomic E-state index is 0.261. The quantitative estimate of drug-likeness (QED) is 0.864. The first-order chi connectivity index (χ1) is 8.50. The van der Waals surface area contributed by atoms with Gasteiger partial charge in [0.15, 0.2) is 0 Å². The van der Waals surface area contributed by atoms with Crippen LogP contribution in [0.2, 0.25) is 0 Å². The van der Waals surface area contributed by atoms with Crippen molar-refractivity contribution in [3.8, 4) is 0 Å². The Morgan fingerprint density at radius 2 is 2.06 bits per heavy atom. The normalized spacial score (nSPS) is 24.4. The molecule has 0 aromatic heterocycles. The molecular formula is C14H18F3N. The van der Waals surface area contributed by atoms with Gasteiger partial charge in [-0.2, -0.15) is 13.2 Å². The Hall–Kier alpha value is -1.03. The minimum Gasteiger partial charge on any atom is -0.314 e. The highest BCUT2D eigenvalue weighted by atomic mass is 19.4. The number of benzene rings is 1. The molecule has 0 saturated heterocycles. The van der Waals surface area contributed by atoms with Gasteiger partial charge in [0, 0.05) is 6.04 Å². The summed E-state index contributed by atoms with van der Waals surface area (Å²) in [5.41, 5.74) is 0.289. The van der Waals surface area contributed by atoms with Crippen molar-refractivity contribution in [3.05, 3.63) is 35.4 Å². The zero-order valence-corrected chi connectivity index (χ0v) is 10.4. The molecule has 1 aromatic carbocycles. The van der Waals surface area contributed by atoms with Crippen LogP contribution in [0.25, 0.3) is 0 Å². The molecule has 0 heterocycles. The number of alkyl halides is 3. The van der Waals surface area contributed by atoms with Crippen LogP contribution in [-0.4, -0.2) is 12.6 Å². The van der Waals surface area contributed by atoms with E-state index in [-0.39, 0.29) is 5.92 Å². The molecule has 0 radical (unpaired) electrons. The summed E-state index contributed by atoms with van der Waals surface area (Å²) in [6, 6.07) is 6.22. The first kappa shape index (κ1) is 13.4. The Bertz CT molecular complexity index is 400. The van der Waals surface area contributed by atoms with Crippen LogP contribution in [0.1, 0.15) is 43.2 Å². The van der Waals surface area contributed by atoms with Gasteiger partial charge in [-0.1, -0.05) is 25.1 Å². The fourth-order valence-electron chi connectivity index (χ4n) is 2.73. The Labute approximate surface area is 105 Å². The van der Waals surface area contributed by atoms with Gasteiger partial charge in [-0.25, -0.2) is 0 Å². The highest BCUT2D eigenvalue weighted by molar-refractivity contribution is 5.29. The second-order valence-electron chi connectivity index (χ2n) is 4.89. The van der Waals surface area contributed by atoms with Gasteiger partial charge in [0.2, 0.25) is 0 Å².